The Bertz CT molecular complexity index is 659. The lowest BCUT2D eigenvalue weighted by molar-refractivity contribution is -0.0105. The van der Waals surface area contributed by atoms with Crippen LogP contribution in [0, 0.1) is 0 Å². The Balaban J connectivity index is 1.65. The van der Waals surface area contributed by atoms with E-state index < -0.39 is 6.10 Å². The molecule has 1 aromatic carbocycles. The van der Waals surface area contributed by atoms with Gasteiger partial charge in [-0.25, -0.2) is 0 Å². The topological polar surface area (TPSA) is 51.2 Å². The molecule has 0 saturated heterocycles. The van der Waals surface area contributed by atoms with Crippen LogP contribution in [0.3, 0.4) is 0 Å². The molecule has 1 aliphatic heterocycles. The molecule has 1 unspecified atom stereocenters. The highest BCUT2D eigenvalue weighted by molar-refractivity contribution is 7.09. The van der Waals surface area contributed by atoms with Crippen molar-refractivity contribution in [2.24, 2.45) is 0 Å². The molecular weight excluding hydrogens is 338 g/mol. The molecule has 0 fully saturated rings. The number of benzene rings is 1. The quantitative estimate of drug-likeness (QED) is 0.741. The molecule has 0 saturated carbocycles. The predicted molar refractivity (Wildman–Crippen MR) is 98.1 cm³/mol. The van der Waals surface area contributed by atoms with Crippen LogP contribution >= 0.6 is 11.3 Å². The molecule has 6 heteroatoms. The molecule has 0 radical (unpaired) electrons. The van der Waals surface area contributed by atoms with Crippen LogP contribution in [0.5, 0.6) is 11.5 Å². The van der Waals surface area contributed by atoms with E-state index in [-0.39, 0.29) is 12.9 Å². The number of thiophene rings is 1. The van der Waals surface area contributed by atoms with Crippen molar-refractivity contribution in [3.05, 3.63) is 46.2 Å². The molecule has 3 rings (SSSR count). The Labute approximate surface area is 152 Å². The average molecular weight is 363 g/mol. The summed E-state index contributed by atoms with van der Waals surface area (Å²) in [6, 6.07) is 10.2. The Morgan fingerprint density at radius 1 is 1.20 bits per heavy atom. The lowest BCUT2D eigenvalue weighted by Crippen LogP contribution is -2.34. The first-order valence-corrected chi connectivity index (χ1v) is 9.41. The van der Waals surface area contributed by atoms with Crippen LogP contribution in [0.1, 0.15) is 24.3 Å². The van der Waals surface area contributed by atoms with Gasteiger partial charge in [-0.2, -0.15) is 0 Å². The Hall–Kier alpha value is -1.60. The van der Waals surface area contributed by atoms with Crippen LogP contribution in [0.4, 0.5) is 0 Å². The smallest absolute Gasteiger partial charge is 0.231 e. The fourth-order valence-corrected chi connectivity index (χ4v) is 3.51. The fourth-order valence-electron chi connectivity index (χ4n) is 2.76. The summed E-state index contributed by atoms with van der Waals surface area (Å²) in [4.78, 5) is 3.51. The molecule has 2 aromatic rings. The molecule has 1 aromatic heterocycles. The van der Waals surface area contributed by atoms with Crippen LogP contribution in [0.15, 0.2) is 35.7 Å². The summed E-state index contributed by atoms with van der Waals surface area (Å²) < 4.78 is 16.4. The second-order valence-corrected chi connectivity index (χ2v) is 7.50. The fraction of sp³-hybridized carbons (Fsp3) is 0.474. The van der Waals surface area contributed by atoms with Crippen molar-refractivity contribution < 1.29 is 19.3 Å². The van der Waals surface area contributed by atoms with E-state index in [2.05, 4.69) is 22.4 Å². The van der Waals surface area contributed by atoms with E-state index in [9.17, 15) is 5.11 Å². The van der Waals surface area contributed by atoms with Gasteiger partial charge in [-0.3, -0.25) is 4.90 Å². The lowest BCUT2D eigenvalue weighted by Gasteiger charge is -2.25. The van der Waals surface area contributed by atoms with Crippen molar-refractivity contribution in [2.45, 2.75) is 39.1 Å². The summed E-state index contributed by atoms with van der Waals surface area (Å²) in [6.07, 6.45) is -0.398. The van der Waals surface area contributed by atoms with Gasteiger partial charge in [0, 0.05) is 24.5 Å². The number of aliphatic hydroxyl groups is 1. The molecule has 5 nitrogen and oxygen atoms in total. The number of aliphatic hydroxyl groups excluding tert-OH is 1. The maximum absolute atomic E-state index is 10.3. The van der Waals surface area contributed by atoms with Crippen molar-refractivity contribution in [2.75, 3.05) is 19.9 Å². The SMILES string of the molecule is CC(C)OCC(O)CN(Cc1ccc2c(c1)OCO2)Cc1cccs1. The number of rotatable bonds is 9. The van der Waals surface area contributed by atoms with Crippen molar-refractivity contribution >= 4 is 11.3 Å². The van der Waals surface area contributed by atoms with Gasteiger partial charge in [0.15, 0.2) is 11.5 Å². The molecule has 1 N–H and O–H groups in total. The zero-order valence-corrected chi connectivity index (χ0v) is 15.5. The van der Waals surface area contributed by atoms with E-state index in [0.29, 0.717) is 13.2 Å². The number of hydrogen-bond donors (Lipinski definition) is 1. The van der Waals surface area contributed by atoms with Gasteiger partial charge in [0.25, 0.3) is 0 Å². The zero-order chi connectivity index (χ0) is 17.6. The van der Waals surface area contributed by atoms with Crippen molar-refractivity contribution in [3.63, 3.8) is 0 Å². The van der Waals surface area contributed by atoms with Gasteiger partial charge in [0.2, 0.25) is 6.79 Å². The molecule has 0 amide bonds. The minimum atomic E-state index is -0.517. The number of hydrogen-bond acceptors (Lipinski definition) is 6. The summed E-state index contributed by atoms with van der Waals surface area (Å²) in [7, 11) is 0. The first kappa shape index (κ1) is 18.2. The zero-order valence-electron chi connectivity index (χ0n) is 14.7. The minimum absolute atomic E-state index is 0.120. The van der Waals surface area contributed by atoms with Gasteiger partial charge in [-0.15, -0.1) is 11.3 Å². The standard InChI is InChI=1S/C19H25NO4S/c1-14(2)22-12-16(21)10-20(11-17-4-3-7-25-17)9-15-5-6-18-19(8-15)24-13-23-18/h3-8,14,16,21H,9-13H2,1-2H3. The normalized spacial score (nSPS) is 14.4. The van der Waals surface area contributed by atoms with Gasteiger partial charge in [0.05, 0.1) is 18.8 Å². The van der Waals surface area contributed by atoms with Crippen LogP contribution in [-0.2, 0) is 17.8 Å². The van der Waals surface area contributed by atoms with E-state index in [1.807, 2.05) is 32.0 Å². The average Bonchev–Trinajstić information content (AvgIpc) is 3.23. The van der Waals surface area contributed by atoms with Gasteiger partial charge >= 0.3 is 0 Å². The third-order valence-corrected chi connectivity index (χ3v) is 4.75. The maximum atomic E-state index is 10.3. The Kier molecular flexibility index (Phi) is 6.31. The van der Waals surface area contributed by atoms with Gasteiger partial charge in [-0.1, -0.05) is 12.1 Å². The Morgan fingerprint density at radius 2 is 2.04 bits per heavy atom. The molecule has 25 heavy (non-hydrogen) atoms. The van der Waals surface area contributed by atoms with Gasteiger partial charge in [0.1, 0.15) is 0 Å². The minimum Gasteiger partial charge on any atom is -0.454 e. The van der Waals surface area contributed by atoms with E-state index in [4.69, 9.17) is 14.2 Å². The summed E-state index contributed by atoms with van der Waals surface area (Å²) in [5.74, 6) is 1.58. The van der Waals surface area contributed by atoms with E-state index >= 15 is 0 Å². The van der Waals surface area contributed by atoms with Crippen molar-refractivity contribution in [3.8, 4) is 11.5 Å². The van der Waals surface area contributed by atoms with E-state index in [0.717, 1.165) is 30.2 Å². The van der Waals surface area contributed by atoms with Gasteiger partial charge in [-0.05, 0) is 43.0 Å². The molecule has 136 valence electrons. The van der Waals surface area contributed by atoms with E-state index in [1.165, 1.54) is 4.88 Å². The van der Waals surface area contributed by atoms with Crippen LogP contribution in [0.2, 0.25) is 0 Å². The first-order chi connectivity index (χ1) is 12.1. The number of fused-ring (bicyclic) bond motifs is 1. The molecule has 0 aliphatic carbocycles. The van der Waals surface area contributed by atoms with Crippen LogP contribution < -0.4 is 9.47 Å². The largest absolute Gasteiger partial charge is 0.454 e. The highest BCUT2D eigenvalue weighted by atomic mass is 32.1. The maximum Gasteiger partial charge on any atom is 0.231 e. The van der Waals surface area contributed by atoms with Crippen molar-refractivity contribution in [1.29, 1.82) is 0 Å². The van der Waals surface area contributed by atoms with Gasteiger partial charge < -0.3 is 19.3 Å². The summed E-state index contributed by atoms with van der Waals surface area (Å²) in [6.45, 7) is 6.66. The molecule has 1 atom stereocenters. The third-order valence-electron chi connectivity index (χ3n) is 3.89. The lowest BCUT2D eigenvalue weighted by atomic mass is 10.1. The van der Waals surface area contributed by atoms with Crippen molar-refractivity contribution in [1.82, 2.24) is 4.90 Å². The highest BCUT2D eigenvalue weighted by Crippen LogP contribution is 2.33. The number of ether oxygens (including phenoxy) is 3. The molecule has 1 aliphatic rings. The third kappa shape index (κ3) is 5.44. The highest BCUT2D eigenvalue weighted by Gasteiger charge is 2.17. The second kappa shape index (κ2) is 8.67. The first-order valence-electron chi connectivity index (χ1n) is 8.53. The molecule has 0 spiro atoms. The Morgan fingerprint density at radius 3 is 2.80 bits per heavy atom. The van der Waals surface area contributed by atoms with Crippen LogP contribution in [0.25, 0.3) is 0 Å². The summed E-state index contributed by atoms with van der Waals surface area (Å²) in [5.41, 5.74) is 1.14. The second-order valence-electron chi connectivity index (χ2n) is 6.47. The molecule has 2 heterocycles. The monoisotopic (exact) mass is 363 g/mol. The summed E-state index contributed by atoms with van der Waals surface area (Å²) >= 11 is 1.73. The summed E-state index contributed by atoms with van der Waals surface area (Å²) in [5, 5.41) is 12.4. The van der Waals surface area contributed by atoms with E-state index in [1.54, 1.807) is 11.3 Å². The number of nitrogens with zero attached hydrogens (tertiary/aromatic N) is 1. The van der Waals surface area contributed by atoms with Crippen LogP contribution in [-0.4, -0.2) is 42.2 Å². The molecule has 0 bridgehead atoms. The molecular formula is C19H25NO4S. The predicted octanol–water partition coefficient (Wildman–Crippen LogP) is 3.26.